The smallest absolute Gasteiger partial charge is 0.244 e. The number of hydrogen-bond acceptors (Lipinski definition) is 5. The third-order valence-electron chi connectivity index (χ3n) is 2.99. The number of hydrogen-bond donors (Lipinski definition) is 1. The Kier molecular flexibility index (Phi) is 5.14. The zero-order valence-electron chi connectivity index (χ0n) is 12.1. The summed E-state index contributed by atoms with van der Waals surface area (Å²) >= 11 is 0. The highest BCUT2D eigenvalue weighted by molar-refractivity contribution is 5.85. The Hall–Kier alpha value is -1.59. The fourth-order valence-electron chi connectivity index (χ4n) is 1.59. The van der Waals surface area contributed by atoms with Gasteiger partial charge in [-0.15, -0.1) is 12.4 Å². The fourth-order valence-corrected chi connectivity index (χ4v) is 1.59. The van der Waals surface area contributed by atoms with Gasteiger partial charge in [0.2, 0.25) is 11.7 Å². The molecule has 0 radical (unpaired) electrons. The predicted molar refractivity (Wildman–Crippen MR) is 79.9 cm³/mol. The molecule has 1 heterocycles. The molecule has 2 N–H and O–H groups in total. The van der Waals surface area contributed by atoms with E-state index < -0.39 is 0 Å². The maximum absolute atomic E-state index is 6.09. The number of rotatable bonds is 3. The van der Waals surface area contributed by atoms with Crippen molar-refractivity contribution in [2.45, 2.75) is 26.8 Å². The van der Waals surface area contributed by atoms with Gasteiger partial charge in [-0.2, -0.15) is 4.98 Å². The molecule has 1 aromatic carbocycles. The van der Waals surface area contributed by atoms with Crippen LogP contribution in [0.3, 0.4) is 0 Å². The average Bonchev–Trinajstić information content (AvgIpc) is 2.86. The number of nitrogens with two attached hydrogens (primary N) is 1. The molecular weight excluding hydrogens is 278 g/mol. The molecule has 6 heteroatoms. The summed E-state index contributed by atoms with van der Waals surface area (Å²) in [5.74, 6) is 1.79. The quantitative estimate of drug-likeness (QED) is 0.941. The fraction of sp³-hybridized carbons (Fsp3) is 0.429. The molecule has 1 aromatic heterocycles. The summed E-state index contributed by atoms with van der Waals surface area (Å²) in [7, 11) is 1.63. The maximum atomic E-state index is 6.09. The van der Waals surface area contributed by atoms with Crippen molar-refractivity contribution in [3.63, 3.8) is 0 Å². The first kappa shape index (κ1) is 16.5. The normalized spacial score (nSPS) is 12.7. The van der Waals surface area contributed by atoms with Crippen LogP contribution in [-0.2, 0) is 0 Å². The lowest BCUT2D eigenvalue weighted by Gasteiger charge is -2.23. The van der Waals surface area contributed by atoms with Crippen molar-refractivity contribution in [2.75, 3.05) is 7.11 Å². The number of halogens is 1. The van der Waals surface area contributed by atoms with E-state index in [0.717, 1.165) is 11.3 Å². The molecule has 0 aliphatic heterocycles. The first-order valence-corrected chi connectivity index (χ1v) is 6.15. The van der Waals surface area contributed by atoms with Crippen LogP contribution in [0.4, 0.5) is 0 Å². The second-order valence-electron chi connectivity index (χ2n) is 5.53. The summed E-state index contributed by atoms with van der Waals surface area (Å²) in [6.07, 6.45) is 0. The summed E-state index contributed by atoms with van der Waals surface area (Å²) < 4.78 is 10.4. The van der Waals surface area contributed by atoms with Crippen LogP contribution in [0.15, 0.2) is 28.8 Å². The maximum Gasteiger partial charge on any atom is 0.244 e. The summed E-state index contributed by atoms with van der Waals surface area (Å²) in [6.45, 7) is 6.11. The average molecular weight is 298 g/mol. The molecular formula is C14H20ClN3O2. The molecule has 0 saturated carbocycles. The Morgan fingerprint density at radius 1 is 1.20 bits per heavy atom. The van der Waals surface area contributed by atoms with Crippen molar-refractivity contribution in [2.24, 2.45) is 11.1 Å². The van der Waals surface area contributed by atoms with Gasteiger partial charge in [0.1, 0.15) is 5.75 Å². The topological polar surface area (TPSA) is 74.2 Å². The van der Waals surface area contributed by atoms with Crippen LogP contribution in [-0.4, -0.2) is 17.3 Å². The van der Waals surface area contributed by atoms with Crippen molar-refractivity contribution < 1.29 is 9.26 Å². The molecule has 2 aromatic rings. The van der Waals surface area contributed by atoms with Crippen LogP contribution in [0.1, 0.15) is 32.7 Å². The van der Waals surface area contributed by atoms with E-state index in [1.54, 1.807) is 7.11 Å². The summed E-state index contributed by atoms with van der Waals surface area (Å²) in [5, 5.41) is 3.97. The molecule has 2 rings (SSSR count). The minimum atomic E-state index is -0.285. The van der Waals surface area contributed by atoms with E-state index >= 15 is 0 Å². The Morgan fingerprint density at radius 3 is 2.30 bits per heavy atom. The van der Waals surface area contributed by atoms with Crippen LogP contribution in [0.2, 0.25) is 0 Å². The molecule has 0 amide bonds. The van der Waals surface area contributed by atoms with Gasteiger partial charge in [-0.1, -0.05) is 25.9 Å². The van der Waals surface area contributed by atoms with E-state index in [4.69, 9.17) is 15.0 Å². The monoisotopic (exact) mass is 297 g/mol. The molecule has 110 valence electrons. The van der Waals surface area contributed by atoms with Crippen molar-refractivity contribution in [1.29, 1.82) is 0 Å². The van der Waals surface area contributed by atoms with E-state index in [2.05, 4.69) is 10.1 Å². The third kappa shape index (κ3) is 3.49. The van der Waals surface area contributed by atoms with E-state index in [0.29, 0.717) is 11.7 Å². The van der Waals surface area contributed by atoms with Gasteiger partial charge in [0, 0.05) is 5.56 Å². The number of ether oxygens (including phenoxy) is 1. The van der Waals surface area contributed by atoms with Crippen LogP contribution in [0.25, 0.3) is 11.4 Å². The van der Waals surface area contributed by atoms with Crippen molar-refractivity contribution in [3.8, 4) is 17.1 Å². The highest BCUT2D eigenvalue weighted by Gasteiger charge is 2.27. The van der Waals surface area contributed by atoms with Crippen LogP contribution >= 0.6 is 12.4 Å². The Morgan fingerprint density at radius 2 is 1.80 bits per heavy atom. The first-order valence-electron chi connectivity index (χ1n) is 6.15. The molecule has 20 heavy (non-hydrogen) atoms. The molecule has 0 aliphatic carbocycles. The van der Waals surface area contributed by atoms with Gasteiger partial charge >= 0.3 is 0 Å². The molecule has 1 atom stereocenters. The second-order valence-corrected chi connectivity index (χ2v) is 5.53. The largest absolute Gasteiger partial charge is 0.497 e. The van der Waals surface area contributed by atoms with E-state index in [1.807, 2.05) is 45.0 Å². The molecule has 0 aliphatic rings. The molecule has 5 nitrogen and oxygen atoms in total. The molecule has 0 unspecified atom stereocenters. The van der Waals surface area contributed by atoms with Crippen LogP contribution < -0.4 is 10.5 Å². The minimum absolute atomic E-state index is 0. The van der Waals surface area contributed by atoms with Gasteiger partial charge in [-0.25, -0.2) is 0 Å². The van der Waals surface area contributed by atoms with Crippen molar-refractivity contribution >= 4 is 12.4 Å². The van der Waals surface area contributed by atoms with E-state index in [-0.39, 0.29) is 23.9 Å². The lowest BCUT2D eigenvalue weighted by Crippen LogP contribution is -2.26. The Labute approximate surface area is 124 Å². The Balaban J connectivity index is 0.00000200. The number of aromatic nitrogens is 2. The standard InChI is InChI=1S/C14H19N3O2.ClH/c1-14(2,3)11(15)13-16-12(17-19-13)9-5-7-10(18-4)8-6-9;/h5-8,11H,15H2,1-4H3;1H/t11-;/m1./s1. The lowest BCUT2D eigenvalue weighted by molar-refractivity contribution is 0.253. The lowest BCUT2D eigenvalue weighted by atomic mass is 9.87. The molecule has 0 bridgehead atoms. The van der Waals surface area contributed by atoms with E-state index in [9.17, 15) is 0 Å². The number of nitrogens with zero attached hydrogens (tertiary/aromatic N) is 2. The molecule has 0 spiro atoms. The van der Waals surface area contributed by atoms with Gasteiger partial charge in [0.25, 0.3) is 0 Å². The summed E-state index contributed by atoms with van der Waals surface area (Å²) in [4.78, 5) is 4.36. The second kappa shape index (κ2) is 6.24. The number of methoxy groups -OCH3 is 1. The Bertz CT molecular complexity index is 546. The van der Waals surface area contributed by atoms with Gasteiger partial charge in [-0.3, -0.25) is 0 Å². The first-order chi connectivity index (χ1) is 8.91. The minimum Gasteiger partial charge on any atom is -0.497 e. The van der Waals surface area contributed by atoms with Crippen molar-refractivity contribution in [3.05, 3.63) is 30.2 Å². The van der Waals surface area contributed by atoms with Gasteiger partial charge in [-0.05, 0) is 29.7 Å². The number of benzene rings is 1. The molecule has 0 saturated heterocycles. The van der Waals surface area contributed by atoms with Gasteiger partial charge < -0.3 is 15.0 Å². The highest BCUT2D eigenvalue weighted by Crippen LogP contribution is 2.30. The zero-order chi connectivity index (χ0) is 14.0. The summed E-state index contributed by atoms with van der Waals surface area (Å²) in [5.41, 5.74) is 6.84. The van der Waals surface area contributed by atoms with Gasteiger partial charge in [0.05, 0.1) is 13.2 Å². The highest BCUT2D eigenvalue weighted by atomic mass is 35.5. The van der Waals surface area contributed by atoms with Gasteiger partial charge in [0.15, 0.2) is 0 Å². The van der Waals surface area contributed by atoms with E-state index in [1.165, 1.54) is 0 Å². The zero-order valence-corrected chi connectivity index (χ0v) is 12.9. The SMILES string of the molecule is COc1ccc(-c2noc([C@@H](N)C(C)(C)C)n2)cc1.Cl. The van der Waals surface area contributed by atoms with Crippen LogP contribution in [0.5, 0.6) is 5.75 Å². The molecule has 0 fully saturated rings. The predicted octanol–water partition coefficient (Wildman–Crippen LogP) is 3.21. The summed E-state index contributed by atoms with van der Waals surface area (Å²) in [6, 6.07) is 7.20. The third-order valence-corrected chi connectivity index (χ3v) is 2.99. The van der Waals surface area contributed by atoms with Crippen LogP contribution in [0, 0.1) is 5.41 Å². The van der Waals surface area contributed by atoms with Crippen molar-refractivity contribution in [1.82, 2.24) is 10.1 Å².